The van der Waals surface area contributed by atoms with Gasteiger partial charge in [0.05, 0.1) is 6.21 Å². The number of hydrogen-bond donors (Lipinski definition) is 0. The predicted octanol–water partition coefficient (Wildman–Crippen LogP) is 3.02. The van der Waals surface area contributed by atoms with Crippen LogP contribution in [0.5, 0.6) is 0 Å². The molecule has 0 spiro atoms. The quantitative estimate of drug-likeness (QED) is 0.579. The van der Waals surface area contributed by atoms with Crippen LogP contribution in [0, 0.1) is 12.7 Å². The van der Waals surface area contributed by atoms with Crippen molar-refractivity contribution in [1.29, 1.82) is 0 Å². The standard InChI is InChI=1S/C12H16FNOS/c1-9-5-6-11(13)10(7-9)8-14-16(15)12(2,3)4/h5-8H,1-4H3/b14-8+. The monoisotopic (exact) mass is 241 g/mol. The molecule has 0 aliphatic heterocycles. The summed E-state index contributed by atoms with van der Waals surface area (Å²) in [5, 5.41) is 0. The fourth-order valence-electron chi connectivity index (χ4n) is 1.02. The van der Waals surface area contributed by atoms with Crippen LogP contribution < -0.4 is 0 Å². The second-order valence-electron chi connectivity index (χ2n) is 4.62. The highest BCUT2D eigenvalue weighted by molar-refractivity contribution is 7.91. The Balaban J connectivity index is 2.88. The third-order valence-corrected chi connectivity index (χ3v) is 3.31. The maximum Gasteiger partial charge on any atom is 0.144 e. The minimum atomic E-state index is -1.35. The van der Waals surface area contributed by atoms with Crippen molar-refractivity contribution in [3.63, 3.8) is 0 Å². The van der Waals surface area contributed by atoms with E-state index in [4.69, 9.17) is 0 Å². The number of benzene rings is 1. The van der Waals surface area contributed by atoms with Crippen molar-refractivity contribution in [3.05, 3.63) is 35.1 Å². The predicted molar refractivity (Wildman–Crippen MR) is 66.6 cm³/mol. The molecule has 88 valence electrons. The fraction of sp³-hybridized carbons (Fsp3) is 0.417. The van der Waals surface area contributed by atoms with Gasteiger partial charge in [0.1, 0.15) is 21.9 Å². The fourth-order valence-corrected chi connectivity index (χ4v) is 1.55. The first-order valence-corrected chi connectivity index (χ1v) is 6.13. The van der Waals surface area contributed by atoms with Gasteiger partial charge >= 0.3 is 0 Å². The summed E-state index contributed by atoms with van der Waals surface area (Å²) < 4.78 is 28.4. The van der Waals surface area contributed by atoms with Crippen molar-refractivity contribution in [2.24, 2.45) is 4.40 Å². The Bertz CT molecular complexity index is 398. The van der Waals surface area contributed by atoms with Crippen molar-refractivity contribution >= 4 is 17.6 Å². The molecule has 0 heterocycles. The van der Waals surface area contributed by atoms with Gasteiger partial charge in [-0.2, -0.15) is 0 Å². The Labute approximate surface area is 98.9 Å². The highest BCUT2D eigenvalue weighted by Gasteiger charge is 2.25. The van der Waals surface area contributed by atoms with Gasteiger partial charge in [-0.25, -0.2) is 4.39 Å². The summed E-state index contributed by atoms with van der Waals surface area (Å²) in [5.74, 6) is -0.347. The van der Waals surface area contributed by atoms with Gasteiger partial charge in [0.15, 0.2) is 0 Å². The van der Waals surface area contributed by atoms with Gasteiger partial charge < -0.3 is 4.55 Å². The van der Waals surface area contributed by atoms with E-state index in [0.717, 1.165) is 5.56 Å². The lowest BCUT2D eigenvalue weighted by molar-refractivity contribution is 0.561. The van der Waals surface area contributed by atoms with E-state index in [2.05, 4.69) is 4.40 Å². The molecule has 16 heavy (non-hydrogen) atoms. The largest absolute Gasteiger partial charge is 0.591 e. The molecule has 1 unspecified atom stereocenters. The van der Waals surface area contributed by atoms with Crippen LogP contribution in [0.3, 0.4) is 0 Å². The van der Waals surface area contributed by atoms with Gasteiger partial charge in [-0.3, -0.25) is 0 Å². The molecule has 1 aromatic carbocycles. The van der Waals surface area contributed by atoms with Crippen LogP contribution in [0.15, 0.2) is 22.6 Å². The molecule has 1 atom stereocenters. The van der Waals surface area contributed by atoms with Crippen LogP contribution in [-0.4, -0.2) is 15.5 Å². The normalized spacial score (nSPS) is 14.4. The molecule has 1 rings (SSSR count). The summed E-state index contributed by atoms with van der Waals surface area (Å²) in [4.78, 5) is 0. The zero-order chi connectivity index (χ0) is 12.3. The minimum Gasteiger partial charge on any atom is -0.591 e. The molecule has 0 N–H and O–H groups in total. The molecule has 0 bridgehead atoms. The first-order chi connectivity index (χ1) is 7.30. The molecule has 0 aliphatic carbocycles. The first-order valence-electron chi connectivity index (χ1n) is 5.03. The molecule has 4 heteroatoms. The molecule has 0 amide bonds. The Morgan fingerprint density at radius 1 is 1.38 bits per heavy atom. The average Bonchev–Trinajstić information content (AvgIpc) is 2.17. The van der Waals surface area contributed by atoms with Gasteiger partial charge in [-0.1, -0.05) is 16.0 Å². The van der Waals surface area contributed by atoms with Gasteiger partial charge in [-0.05, 0) is 39.8 Å². The third kappa shape index (κ3) is 3.61. The average molecular weight is 241 g/mol. The Morgan fingerprint density at radius 2 is 2.00 bits per heavy atom. The highest BCUT2D eigenvalue weighted by atomic mass is 32.2. The lowest BCUT2D eigenvalue weighted by Gasteiger charge is -2.17. The van der Waals surface area contributed by atoms with Crippen LogP contribution in [0.1, 0.15) is 31.9 Å². The van der Waals surface area contributed by atoms with E-state index in [-0.39, 0.29) is 5.82 Å². The molecular weight excluding hydrogens is 225 g/mol. The summed E-state index contributed by atoms with van der Waals surface area (Å²) >= 11 is -1.35. The summed E-state index contributed by atoms with van der Waals surface area (Å²) in [6.07, 6.45) is 1.34. The number of aryl methyl sites for hydroxylation is 1. The van der Waals surface area contributed by atoms with E-state index < -0.39 is 16.1 Å². The van der Waals surface area contributed by atoms with E-state index in [1.54, 1.807) is 12.1 Å². The first kappa shape index (κ1) is 13.2. The van der Waals surface area contributed by atoms with Crippen LogP contribution in [0.4, 0.5) is 4.39 Å². The molecule has 0 aliphatic rings. The Kier molecular flexibility index (Phi) is 4.10. The van der Waals surface area contributed by atoms with Gasteiger partial charge in [0, 0.05) is 5.56 Å². The lowest BCUT2D eigenvalue weighted by atomic mass is 10.1. The molecule has 2 nitrogen and oxygen atoms in total. The van der Waals surface area contributed by atoms with Gasteiger partial charge in [-0.15, -0.1) is 0 Å². The highest BCUT2D eigenvalue weighted by Crippen LogP contribution is 2.17. The molecule has 0 fully saturated rings. The van der Waals surface area contributed by atoms with E-state index in [0.29, 0.717) is 5.56 Å². The van der Waals surface area contributed by atoms with Crippen LogP contribution in [-0.2, 0) is 11.4 Å². The van der Waals surface area contributed by atoms with E-state index >= 15 is 0 Å². The SMILES string of the molecule is Cc1ccc(F)c(/C=N/[S+]([O-])C(C)(C)C)c1. The number of rotatable bonds is 2. The maximum absolute atomic E-state index is 13.3. The van der Waals surface area contributed by atoms with Gasteiger partial charge in [0.25, 0.3) is 0 Å². The summed E-state index contributed by atoms with van der Waals surface area (Å²) in [7, 11) is 0. The van der Waals surface area contributed by atoms with Crippen molar-refractivity contribution < 1.29 is 8.94 Å². The summed E-state index contributed by atoms with van der Waals surface area (Å²) in [6.45, 7) is 7.35. The molecule has 0 aromatic heterocycles. The van der Waals surface area contributed by atoms with Crippen molar-refractivity contribution in [2.75, 3.05) is 0 Å². The number of nitrogens with zero attached hydrogens (tertiary/aromatic N) is 1. The van der Waals surface area contributed by atoms with E-state index in [1.165, 1.54) is 12.3 Å². The topological polar surface area (TPSA) is 35.4 Å². The maximum atomic E-state index is 13.3. The molecule has 0 saturated heterocycles. The van der Waals surface area contributed by atoms with Crippen LogP contribution >= 0.6 is 0 Å². The zero-order valence-electron chi connectivity index (χ0n) is 9.95. The van der Waals surface area contributed by atoms with Gasteiger partial charge in [0.2, 0.25) is 0 Å². The zero-order valence-corrected chi connectivity index (χ0v) is 10.8. The van der Waals surface area contributed by atoms with Crippen LogP contribution in [0.2, 0.25) is 0 Å². The molecule has 0 saturated carbocycles. The second-order valence-corrected chi connectivity index (χ2v) is 6.55. The molecule has 0 radical (unpaired) electrons. The second kappa shape index (κ2) is 4.97. The Morgan fingerprint density at radius 3 is 2.56 bits per heavy atom. The summed E-state index contributed by atoms with van der Waals surface area (Å²) in [5.41, 5.74) is 1.32. The lowest BCUT2D eigenvalue weighted by Crippen LogP contribution is -2.25. The van der Waals surface area contributed by atoms with E-state index in [1.807, 2.05) is 27.7 Å². The van der Waals surface area contributed by atoms with Crippen molar-refractivity contribution in [2.45, 2.75) is 32.4 Å². The number of halogens is 1. The van der Waals surface area contributed by atoms with E-state index in [9.17, 15) is 8.94 Å². The molecule has 1 aromatic rings. The summed E-state index contributed by atoms with van der Waals surface area (Å²) in [6, 6.07) is 4.75. The van der Waals surface area contributed by atoms with Crippen LogP contribution in [0.25, 0.3) is 0 Å². The minimum absolute atomic E-state index is 0.347. The number of hydrogen-bond acceptors (Lipinski definition) is 2. The smallest absolute Gasteiger partial charge is 0.144 e. The van der Waals surface area contributed by atoms with Crippen molar-refractivity contribution in [3.8, 4) is 0 Å². The van der Waals surface area contributed by atoms with Crippen molar-refractivity contribution in [1.82, 2.24) is 0 Å². The Hall–Kier alpha value is -0.870. The molecular formula is C12H16FNOS. The third-order valence-electron chi connectivity index (χ3n) is 1.96.